The molecule has 4 heteroatoms. The normalized spacial score (nSPS) is 10.7. The molecule has 0 unspecified atom stereocenters. The molecule has 0 spiro atoms. The fourth-order valence-electron chi connectivity index (χ4n) is 2.18. The Morgan fingerprint density at radius 1 is 0.952 bits per heavy atom. The first-order valence-electron chi connectivity index (χ1n) is 6.81. The zero-order chi connectivity index (χ0) is 14.7. The molecule has 0 atom stereocenters. The molecule has 2 aromatic carbocycles. The summed E-state index contributed by atoms with van der Waals surface area (Å²) in [5.41, 5.74) is 11.0. The molecule has 1 heterocycles. The van der Waals surface area contributed by atoms with Gasteiger partial charge in [0.15, 0.2) is 0 Å². The van der Waals surface area contributed by atoms with Crippen molar-refractivity contribution in [1.82, 2.24) is 10.3 Å². The van der Waals surface area contributed by atoms with Crippen LogP contribution in [0.1, 0.15) is 5.01 Å². The lowest BCUT2D eigenvalue weighted by atomic mass is 10.0. The number of nitrogens with zero attached hydrogens (tertiary/aromatic N) is 1. The molecule has 0 saturated heterocycles. The average Bonchev–Trinajstić information content (AvgIpc) is 2.97. The Kier molecular flexibility index (Phi) is 3.99. The highest BCUT2D eigenvalue weighted by Gasteiger charge is 2.04. The predicted octanol–water partition coefficient (Wildman–Crippen LogP) is 3.78. The molecule has 21 heavy (non-hydrogen) atoms. The summed E-state index contributed by atoms with van der Waals surface area (Å²) in [5, 5.41) is 6.33. The van der Waals surface area contributed by atoms with Crippen LogP contribution in [0.5, 0.6) is 0 Å². The summed E-state index contributed by atoms with van der Waals surface area (Å²) in [6.07, 6.45) is 0. The Bertz CT molecular complexity index is 715. The van der Waals surface area contributed by atoms with Gasteiger partial charge in [-0.1, -0.05) is 36.4 Å². The first kappa shape index (κ1) is 13.8. The van der Waals surface area contributed by atoms with Gasteiger partial charge in [-0.05, 0) is 30.3 Å². The van der Waals surface area contributed by atoms with Gasteiger partial charge in [0.05, 0.1) is 5.69 Å². The van der Waals surface area contributed by atoms with Crippen LogP contribution < -0.4 is 11.1 Å². The second-order valence-corrected chi connectivity index (χ2v) is 5.80. The first-order chi connectivity index (χ1) is 10.3. The third-order valence-corrected chi connectivity index (χ3v) is 4.15. The Balaban J connectivity index is 1.84. The van der Waals surface area contributed by atoms with Gasteiger partial charge in [0.2, 0.25) is 0 Å². The van der Waals surface area contributed by atoms with Crippen LogP contribution in [-0.2, 0) is 6.54 Å². The third kappa shape index (κ3) is 3.12. The summed E-state index contributed by atoms with van der Waals surface area (Å²) >= 11 is 1.68. The number of rotatable bonds is 4. The molecule has 0 saturated carbocycles. The maximum atomic E-state index is 5.72. The minimum absolute atomic E-state index is 0.787. The molecule has 0 fully saturated rings. The molecule has 0 radical (unpaired) electrons. The number of nitrogen functional groups attached to an aromatic ring is 1. The number of nitrogens with two attached hydrogens (primary N) is 1. The molecule has 106 valence electrons. The summed E-state index contributed by atoms with van der Waals surface area (Å²) in [5.74, 6) is 0. The molecule has 0 bridgehead atoms. The van der Waals surface area contributed by atoms with E-state index in [0.29, 0.717) is 0 Å². The lowest BCUT2D eigenvalue weighted by Gasteiger charge is -2.03. The number of nitrogens with one attached hydrogen (secondary N) is 1. The largest absolute Gasteiger partial charge is 0.399 e. The van der Waals surface area contributed by atoms with Gasteiger partial charge in [-0.25, -0.2) is 4.98 Å². The van der Waals surface area contributed by atoms with Gasteiger partial charge in [-0.3, -0.25) is 0 Å². The van der Waals surface area contributed by atoms with Gasteiger partial charge >= 0.3 is 0 Å². The van der Waals surface area contributed by atoms with Crippen LogP contribution in [0.4, 0.5) is 5.69 Å². The predicted molar refractivity (Wildman–Crippen MR) is 90.2 cm³/mol. The molecule has 3 rings (SSSR count). The molecular weight excluding hydrogens is 278 g/mol. The number of hydrogen-bond acceptors (Lipinski definition) is 4. The van der Waals surface area contributed by atoms with Crippen molar-refractivity contribution >= 4 is 17.0 Å². The van der Waals surface area contributed by atoms with Crippen molar-refractivity contribution in [3.05, 3.63) is 58.9 Å². The van der Waals surface area contributed by atoms with Crippen molar-refractivity contribution in [3.8, 4) is 22.4 Å². The topological polar surface area (TPSA) is 50.9 Å². The Morgan fingerprint density at radius 2 is 1.52 bits per heavy atom. The van der Waals surface area contributed by atoms with Gasteiger partial charge in [0, 0.05) is 23.2 Å². The van der Waals surface area contributed by atoms with E-state index in [2.05, 4.69) is 39.9 Å². The zero-order valence-electron chi connectivity index (χ0n) is 11.8. The Hall–Kier alpha value is -2.17. The first-order valence-corrected chi connectivity index (χ1v) is 7.69. The van der Waals surface area contributed by atoms with Crippen LogP contribution >= 0.6 is 11.3 Å². The van der Waals surface area contributed by atoms with Gasteiger partial charge in [0.1, 0.15) is 5.01 Å². The van der Waals surface area contributed by atoms with Crippen molar-refractivity contribution in [3.63, 3.8) is 0 Å². The molecule has 0 aliphatic heterocycles. The number of benzene rings is 2. The zero-order valence-corrected chi connectivity index (χ0v) is 12.7. The lowest BCUT2D eigenvalue weighted by Crippen LogP contribution is -2.04. The van der Waals surface area contributed by atoms with Crippen molar-refractivity contribution in [2.75, 3.05) is 12.8 Å². The monoisotopic (exact) mass is 295 g/mol. The third-order valence-electron chi connectivity index (χ3n) is 3.30. The standard InChI is InChI=1S/C17H17N3S/c1-19-10-17-20-16(11-21-17)14-4-2-12(3-5-14)13-6-8-15(18)9-7-13/h2-9,11,19H,10,18H2,1H3. The van der Waals surface area contributed by atoms with Crippen LogP contribution in [0.25, 0.3) is 22.4 Å². The minimum atomic E-state index is 0.787. The van der Waals surface area contributed by atoms with Gasteiger partial charge in [-0.15, -0.1) is 11.3 Å². The van der Waals surface area contributed by atoms with Crippen molar-refractivity contribution in [2.45, 2.75) is 6.54 Å². The van der Waals surface area contributed by atoms with E-state index < -0.39 is 0 Å². The molecular formula is C17H17N3S. The summed E-state index contributed by atoms with van der Waals surface area (Å²) < 4.78 is 0. The van der Waals surface area contributed by atoms with Gasteiger partial charge < -0.3 is 11.1 Å². The molecule has 0 amide bonds. The number of hydrogen-bond donors (Lipinski definition) is 2. The molecule has 1 aromatic heterocycles. The lowest BCUT2D eigenvalue weighted by molar-refractivity contribution is 0.811. The molecule has 0 aliphatic carbocycles. The SMILES string of the molecule is CNCc1nc(-c2ccc(-c3ccc(N)cc3)cc2)cs1. The molecule has 3 aromatic rings. The number of anilines is 1. The van der Waals surface area contributed by atoms with Crippen molar-refractivity contribution < 1.29 is 0 Å². The second-order valence-electron chi connectivity index (χ2n) is 4.86. The average molecular weight is 295 g/mol. The molecule has 3 nitrogen and oxygen atoms in total. The fourth-order valence-corrected chi connectivity index (χ4v) is 3.00. The molecule has 3 N–H and O–H groups in total. The van der Waals surface area contributed by atoms with Gasteiger partial charge in [-0.2, -0.15) is 0 Å². The number of thiazole rings is 1. The van der Waals surface area contributed by atoms with E-state index in [1.165, 1.54) is 11.1 Å². The van der Waals surface area contributed by atoms with E-state index >= 15 is 0 Å². The van der Waals surface area contributed by atoms with E-state index in [1.54, 1.807) is 11.3 Å². The maximum Gasteiger partial charge on any atom is 0.107 e. The second kappa shape index (κ2) is 6.08. The van der Waals surface area contributed by atoms with Crippen molar-refractivity contribution in [2.24, 2.45) is 0 Å². The number of aromatic nitrogens is 1. The van der Waals surface area contributed by atoms with E-state index in [1.807, 2.05) is 31.3 Å². The molecule has 0 aliphatic rings. The van der Waals surface area contributed by atoms with E-state index in [-0.39, 0.29) is 0 Å². The van der Waals surface area contributed by atoms with Crippen LogP contribution in [0.15, 0.2) is 53.9 Å². The summed E-state index contributed by atoms with van der Waals surface area (Å²) in [6.45, 7) is 0.814. The Labute approximate surface area is 128 Å². The highest BCUT2D eigenvalue weighted by atomic mass is 32.1. The Morgan fingerprint density at radius 3 is 2.14 bits per heavy atom. The van der Waals surface area contributed by atoms with Crippen LogP contribution in [0.3, 0.4) is 0 Å². The summed E-state index contributed by atoms with van der Waals surface area (Å²) in [7, 11) is 1.93. The van der Waals surface area contributed by atoms with Crippen molar-refractivity contribution in [1.29, 1.82) is 0 Å². The van der Waals surface area contributed by atoms with Crippen LogP contribution in [-0.4, -0.2) is 12.0 Å². The van der Waals surface area contributed by atoms with E-state index in [9.17, 15) is 0 Å². The highest BCUT2D eigenvalue weighted by molar-refractivity contribution is 7.09. The van der Waals surface area contributed by atoms with E-state index in [0.717, 1.165) is 28.5 Å². The highest BCUT2D eigenvalue weighted by Crippen LogP contribution is 2.26. The van der Waals surface area contributed by atoms with Gasteiger partial charge in [0.25, 0.3) is 0 Å². The summed E-state index contributed by atoms with van der Waals surface area (Å²) in [4.78, 5) is 4.62. The fraction of sp³-hybridized carbons (Fsp3) is 0.118. The van der Waals surface area contributed by atoms with Crippen LogP contribution in [0.2, 0.25) is 0 Å². The minimum Gasteiger partial charge on any atom is -0.399 e. The quantitative estimate of drug-likeness (QED) is 0.720. The summed E-state index contributed by atoms with van der Waals surface area (Å²) in [6, 6.07) is 16.4. The smallest absolute Gasteiger partial charge is 0.107 e. The maximum absolute atomic E-state index is 5.72. The van der Waals surface area contributed by atoms with Crippen LogP contribution in [0, 0.1) is 0 Å². The van der Waals surface area contributed by atoms with E-state index in [4.69, 9.17) is 5.73 Å².